The molecule has 0 atom stereocenters. The van der Waals surface area contributed by atoms with Gasteiger partial charge in [-0.1, -0.05) is 11.8 Å². The standard InChI is InChI=1S/C12H14O3S2/c1-9(13)16-7-8-17-11-5-3-10(4-6-11)12(14)15-2/h3-6H,7-8H2,1-2H3. The molecule has 1 aromatic rings. The third kappa shape index (κ3) is 5.28. The van der Waals surface area contributed by atoms with Crippen molar-refractivity contribution in [2.75, 3.05) is 18.6 Å². The SMILES string of the molecule is COC(=O)c1ccc(SCCSC(C)=O)cc1. The number of methoxy groups -OCH3 is 1. The average Bonchev–Trinajstić information content (AvgIpc) is 2.34. The van der Waals surface area contributed by atoms with E-state index in [1.807, 2.05) is 12.1 Å². The molecule has 1 rings (SSSR count). The van der Waals surface area contributed by atoms with Crippen molar-refractivity contribution >= 4 is 34.6 Å². The highest BCUT2D eigenvalue weighted by Crippen LogP contribution is 2.20. The molecule has 0 saturated heterocycles. The summed E-state index contributed by atoms with van der Waals surface area (Å²) in [5.41, 5.74) is 0.551. The number of benzene rings is 1. The molecular formula is C12H14O3S2. The number of rotatable bonds is 5. The normalized spacial score (nSPS) is 10.0. The Morgan fingerprint density at radius 2 is 1.82 bits per heavy atom. The monoisotopic (exact) mass is 270 g/mol. The second-order valence-electron chi connectivity index (χ2n) is 3.20. The van der Waals surface area contributed by atoms with Crippen LogP contribution in [-0.2, 0) is 9.53 Å². The van der Waals surface area contributed by atoms with Gasteiger partial charge in [-0.2, -0.15) is 0 Å². The maximum atomic E-state index is 11.2. The fourth-order valence-electron chi connectivity index (χ4n) is 1.15. The van der Waals surface area contributed by atoms with Gasteiger partial charge in [-0.3, -0.25) is 4.79 Å². The topological polar surface area (TPSA) is 43.4 Å². The number of carbonyl (C=O) groups is 2. The van der Waals surface area contributed by atoms with Gasteiger partial charge in [-0.05, 0) is 24.3 Å². The Labute approximate surface area is 109 Å². The summed E-state index contributed by atoms with van der Waals surface area (Å²) in [5, 5.41) is 0.145. The lowest BCUT2D eigenvalue weighted by atomic mass is 10.2. The molecule has 1 aromatic carbocycles. The molecule has 0 N–H and O–H groups in total. The lowest BCUT2D eigenvalue weighted by Gasteiger charge is -2.02. The summed E-state index contributed by atoms with van der Waals surface area (Å²) >= 11 is 2.99. The zero-order valence-electron chi connectivity index (χ0n) is 9.76. The van der Waals surface area contributed by atoms with Gasteiger partial charge in [-0.25, -0.2) is 4.79 Å². The molecule has 0 aliphatic heterocycles. The van der Waals surface area contributed by atoms with Gasteiger partial charge in [-0.15, -0.1) is 11.8 Å². The molecule has 0 aromatic heterocycles. The molecule has 0 amide bonds. The number of ether oxygens (including phenoxy) is 1. The third-order valence-corrected chi connectivity index (χ3v) is 4.02. The van der Waals surface area contributed by atoms with Crippen LogP contribution in [0.3, 0.4) is 0 Å². The minimum absolute atomic E-state index is 0.145. The maximum Gasteiger partial charge on any atom is 0.337 e. The van der Waals surface area contributed by atoms with Gasteiger partial charge in [0.1, 0.15) is 0 Å². The van der Waals surface area contributed by atoms with Gasteiger partial charge in [0.05, 0.1) is 12.7 Å². The minimum atomic E-state index is -0.325. The lowest BCUT2D eigenvalue weighted by molar-refractivity contribution is -0.109. The zero-order valence-corrected chi connectivity index (χ0v) is 11.4. The molecule has 0 fully saturated rings. The summed E-state index contributed by atoms with van der Waals surface area (Å²) in [6.07, 6.45) is 0. The van der Waals surface area contributed by atoms with Crippen LogP contribution in [0, 0.1) is 0 Å². The Morgan fingerprint density at radius 3 is 2.35 bits per heavy atom. The van der Waals surface area contributed by atoms with Crippen LogP contribution in [0.2, 0.25) is 0 Å². The molecule has 0 radical (unpaired) electrons. The Hall–Kier alpha value is -0.940. The van der Waals surface area contributed by atoms with Crippen molar-refractivity contribution in [2.24, 2.45) is 0 Å². The van der Waals surface area contributed by atoms with Gasteiger partial charge in [0.2, 0.25) is 0 Å². The van der Waals surface area contributed by atoms with E-state index in [4.69, 9.17) is 0 Å². The predicted molar refractivity (Wildman–Crippen MR) is 71.6 cm³/mol. The van der Waals surface area contributed by atoms with Crippen molar-refractivity contribution in [3.8, 4) is 0 Å². The predicted octanol–water partition coefficient (Wildman–Crippen LogP) is 2.85. The number of hydrogen-bond donors (Lipinski definition) is 0. The Morgan fingerprint density at radius 1 is 1.18 bits per heavy atom. The molecule has 5 heteroatoms. The number of hydrogen-bond acceptors (Lipinski definition) is 5. The third-order valence-electron chi connectivity index (χ3n) is 1.93. The minimum Gasteiger partial charge on any atom is -0.465 e. The maximum absolute atomic E-state index is 11.2. The van der Waals surface area contributed by atoms with Crippen molar-refractivity contribution in [3.63, 3.8) is 0 Å². The van der Waals surface area contributed by atoms with Crippen molar-refractivity contribution in [1.82, 2.24) is 0 Å². The van der Waals surface area contributed by atoms with Crippen molar-refractivity contribution < 1.29 is 14.3 Å². The fraction of sp³-hybridized carbons (Fsp3) is 0.333. The quantitative estimate of drug-likeness (QED) is 0.467. The zero-order chi connectivity index (χ0) is 12.7. The summed E-state index contributed by atoms with van der Waals surface area (Å²) in [6.45, 7) is 1.57. The molecule has 3 nitrogen and oxygen atoms in total. The Bertz CT molecular complexity index is 387. The first-order chi connectivity index (χ1) is 8.13. The molecule has 0 unspecified atom stereocenters. The van der Waals surface area contributed by atoms with Gasteiger partial charge in [0.15, 0.2) is 5.12 Å². The summed E-state index contributed by atoms with van der Waals surface area (Å²) < 4.78 is 4.61. The molecule has 17 heavy (non-hydrogen) atoms. The molecular weight excluding hydrogens is 256 g/mol. The van der Waals surface area contributed by atoms with Crippen molar-refractivity contribution in [2.45, 2.75) is 11.8 Å². The van der Waals surface area contributed by atoms with Crippen LogP contribution in [0.4, 0.5) is 0 Å². The average molecular weight is 270 g/mol. The van der Waals surface area contributed by atoms with Crippen LogP contribution < -0.4 is 0 Å². The highest BCUT2D eigenvalue weighted by Gasteiger charge is 2.04. The van der Waals surface area contributed by atoms with E-state index in [1.54, 1.807) is 30.8 Å². The summed E-state index contributed by atoms with van der Waals surface area (Å²) in [5.74, 6) is 1.36. The van der Waals surface area contributed by atoms with E-state index in [-0.39, 0.29) is 11.1 Å². The van der Waals surface area contributed by atoms with Crippen LogP contribution in [0.25, 0.3) is 0 Å². The molecule has 92 valence electrons. The molecule has 0 aliphatic carbocycles. The summed E-state index contributed by atoms with van der Waals surface area (Å²) in [7, 11) is 1.37. The van der Waals surface area contributed by atoms with Crippen LogP contribution in [0.5, 0.6) is 0 Å². The van der Waals surface area contributed by atoms with Crippen LogP contribution in [0.1, 0.15) is 17.3 Å². The first kappa shape index (κ1) is 14.1. The number of thioether (sulfide) groups is 2. The molecule has 0 bridgehead atoms. The molecule has 0 aliphatic rings. The molecule has 0 heterocycles. The van der Waals surface area contributed by atoms with Crippen LogP contribution >= 0.6 is 23.5 Å². The van der Waals surface area contributed by atoms with E-state index in [0.29, 0.717) is 5.56 Å². The fourth-order valence-corrected chi connectivity index (χ4v) is 2.67. The molecule has 0 spiro atoms. The second kappa shape index (κ2) is 7.40. The lowest BCUT2D eigenvalue weighted by Crippen LogP contribution is -2.00. The van der Waals surface area contributed by atoms with Crippen LogP contribution in [0.15, 0.2) is 29.2 Å². The van der Waals surface area contributed by atoms with E-state index in [2.05, 4.69) is 4.74 Å². The summed E-state index contributed by atoms with van der Waals surface area (Å²) in [4.78, 5) is 23.0. The van der Waals surface area contributed by atoms with Gasteiger partial charge in [0.25, 0.3) is 0 Å². The van der Waals surface area contributed by atoms with Gasteiger partial charge >= 0.3 is 5.97 Å². The van der Waals surface area contributed by atoms with E-state index >= 15 is 0 Å². The highest BCUT2D eigenvalue weighted by molar-refractivity contribution is 8.14. The van der Waals surface area contributed by atoms with E-state index in [0.717, 1.165) is 16.4 Å². The van der Waals surface area contributed by atoms with Crippen LogP contribution in [-0.4, -0.2) is 29.7 Å². The smallest absolute Gasteiger partial charge is 0.337 e. The first-order valence-corrected chi connectivity index (χ1v) is 7.05. The Balaban J connectivity index is 2.40. The largest absolute Gasteiger partial charge is 0.465 e. The van der Waals surface area contributed by atoms with Gasteiger partial charge in [0, 0.05) is 23.3 Å². The molecule has 0 saturated carbocycles. The van der Waals surface area contributed by atoms with E-state index in [9.17, 15) is 9.59 Å². The number of esters is 1. The Kier molecular flexibility index (Phi) is 6.15. The highest BCUT2D eigenvalue weighted by atomic mass is 32.2. The van der Waals surface area contributed by atoms with Gasteiger partial charge < -0.3 is 4.74 Å². The second-order valence-corrected chi connectivity index (χ2v) is 5.64. The van der Waals surface area contributed by atoms with E-state index in [1.165, 1.54) is 18.9 Å². The van der Waals surface area contributed by atoms with E-state index < -0.39 is 0 Å². The number of carbonyl (C=O) groups excluding carboxylic acids is 2. The van der Waals surface area contributed by atoms with Crippen molar-refractivity contribution in [3.05, 3.63) is 29.8 Å². The van der Waals surface area contributed by atoms with Crippen molar-refractivity contribution in [1.29, 1.82) is 0 Å². The summed E-state index contributed by atoms with van der Waals surface area (Å²) in [6, 6.07) is 7.25. The first-order valence-electron chi connectivity index (χ1n) is 5.08.